The van der Waals surface area contributed by atoms with Gasteiger partial charge in [0.25, 0.3) is 5.91 Å². The van der Waals surface area contributed by atoms with Crippen molar-refractivity contribution in [1.82, 2.24) is 5.32 Å². The number of carbonyl (C=O) groups excluding carboxylic acids is 1. The van der Waals surface area contributed by atoms with Crippen molar-refractivity contribution in [2.75, 3.05) is 6.61 Å². The third-order valence-corrected chi connectivity index (χ3v) is 5.14. The Morgan fingerprint density at radius 1 is 1.08 bits per heavy atom. The van der Waals surface area contributed by atoms with Crippen LogP contribution in [0.15, 0.2) is 60.0 Å². The number of amides is 1. The Kier molecular flexibility index (Phi) is 6.14. The average Bonchev–Trinajstić information content (AvgIpc) is 3.14. The topological polar surface area (TPSA) is 38.3 Å². The minimum atomic E-state index is -0.395. The monoisotopic (exact) mass is 409 g/mol. The molecule has 1 heterocycles. The highest BCUT2D eigenvalue weighted by Crippen LogP contribution is 2.32. The molecule has 2 aromatic carbocycles. The van der Waals surface area contributed by atoms with Gasteiger partial charge in [0.2, 0.25) is 0 Å². The van der Waals surface area contributed by atoms with E-state index in [1.54, 1.807) is 30.3 Å². The Balaban J connectivity index is 1.73. The maximum atomic E-state index is 13.2. The summed E-state index contributed by atoms with van der Waals surface area (Å²) in [4.78, 5) is 13.3. The van der Waals surface area contributed by atoms with Crippen molar-refractivity contribution in [2.45, 2.75) is 6.04 Å². The zero-order valence-corrected chi connectivity index (χ0v) is 15.7. The highest BCUT2D eigenvalue weighted by Gasteiger charge is 2.19. The quantitative estimate of drug-likeness (QED) is 0.585. The van der Waals surface area contributed by atoms with Crippen LogP contribution in [0.2, 0.25) is 10.0 Å². The van der Waals surface area contributed by atoms with E-state index in [4.69, 9.17) is 27.9 Å². The van der Waals surface area contributed by atoms with E-state index in [1.807, 2.05) is 17.5 Å². The highest BCUT2D eigenvalue weighted by atomic mass is 35.5. The number of ether oxygens (including phenoxy) is 1. The number of para-hydroxylation sites is 1. The smallest absolute Gasteiger partial charge is 0.258 e. The van der Waals surface area contributed by atoms with Gasteiger partial charge >= 0.3 is 0 Å². The molecular formula is C19H14Cl2FNO2S. The second-order valence-electron chi connectivity index (χ2n) is 5.41. The third-order valence-electron chi connectivity index (χ3n) is 3.60. The van der Waals surface area contributed by atoms with Crippen molar-refractivity contribution in [2.24, 2.45) is 0 Å². The summed E-state index contributed by atoms with van der Waals surface area (Å²) in [5.41, 5.74) is 0.776. The number of thiophene rings is 1. The molecule has 1 aromatic heterocycles. The van der Waals surface area contributed by atoms with Crippen molar-refractivity contribution < 1.29 is 13.9 Å². The summed E-state index contributed by atoms with van der Waals surface area (Å²) < 4.78 is 18.7. The van der Waals surface area contributed by atoms with Crippen molar-refractivity contribution in [3.05, 3.63) is 86.3 Å². The van der Waals surface area contributed by atoms with E-state index >= 15 is 0 Å². The van der Waals surface area contributed by atoms with Gasteiger partial charge in [0, 0.05) is 4.88 Å². The molecule has 0 aliphatic rings. The summed E-state index contributed by atoms with van der Waals surface area (Å²) in [6.07, 6.45) is 0. The molecule has 3 rings (SSSR count). The Morgan fingerprint density at radius 3 is 2.38 bits per heavy atom. The first-order chi connectivity index (χ1) is 12.5. The number of hydrogen-bond acceptors (Lipinski definition) is 3. The van der Waals surface area contributed by atoms with Crippen molar-refractivity contribution in [3.63, 3.8) is 0 Å². The van der Waals surface area contributed by atoms with E-state index < -0.39 is 6.04 Å². The van der Waals surface area contributed by atoms with Crippen LogP contribution in [0.3, 0.4) is 0 Å². The van der Waals surface area contributed by atoms with Crippen molar-refractivity contribution in [3.8, 4) is 5.75 Å². The standard InChI is InChI=1S/C19H14Cl2FNO2S/c20-14-3-1-4-15(21)19(14)25-11-17(24)23-18(16-5-2-10-26-16)12-6-8-13(22)9-7-12/h1-10,18H,11H2,(H,23,24)/t18-/m0/s1. The fraction of sp³-hybridized carbons (Fsp3) is 0.105. The summed E-state index contributed by atoms with van der Waals surface area (Å²) in [5, 5.41) is 5.48. The van der Waals surface area contributed by atoms with Gasteiger partial charge in [-0.2, -0.15) is 0 Å². The molecule has 7 heteroatoms. The van der Waals surface area contributed by atoms with Gasteiger partial charge in [0.15, 0.2) is 12.4 Å². The third kappa shape index (κ3) is 4.55. The molecule has 0 saturated heterocycles. The molecule has 0 saturated carbocycles. The lowest BCUT2D eigenvalue weighted by atomic mass is 10.1. The first kappa shape index (κ1) is 18.7. The van der Waals surface area contributed by atoms with E-state index in [0.29, 0.717) is 10.0 Å². The summed E-state index contributed by atoms with van der Waals surface area (Å²) in [6.45, 7) is -0.244. The number of halogens is 3. The highest BCUT2D eigenvalue weighted by molar-refractivity contribution is 7.10. The maximum Gasteiger partial charge on any atom is 0.258 e. The lowest BCUT2D eigenvalue weighted by Crippen LogP contribution is -2.33. The second kappa shape index (κ2) is 8.54. The predicted molar refractivity (Wildman–Crippen MR) is 103 cm³/mol. The molecule has 0 aliphatic carbocycles. The normalized spacial score (nSPS) is 11.8. The van der Waals surface area contributed by atoms with Crippen molar-refractivity contribution in [1.29, 1.82) is 0 Å². The van der Waals surface area contributed by atoms with Crippen LogP contribution in [0.25, 0.3) is 0 Å². The lowest BCUT2D eigenvalue weighted by Gasteiger charge is -2.18. The molecule has 1 N–H and O–H groups in total. The van der Waals surface area contributed by atoms with E-state index in [1.165, 1.54) is 23.5 Å². The SMILES string of the molecule is O=C(COc1c(Cl)cccc1Cl)N[C@@H](c1ccc(F)cc1)c1cccs1. The molecular weight excluding hydrogens is 396 g/mol. The molecule has 26 heavy (non-hydrogen) atoms. The largest absolute Gasteiger partial charge is 0.481 e. The molecule has 1 atom stereocenters. The van der Waals surface area contributed by atoms with Gasteiger partial charge in [-0.05, 0) is 41.3 Å². The second-order valence-corrected chi connectivity index (χ2v) is 7.20. The van der Waals surface area contributed by atoms with Crippen LogP contribution in [0.1, 0.15) is 16.5 Å². The van der Waals surface area contributed by atoms with E-state index in [0.717, 1.165) is 10.4 Å². The molecule has 0 unspecified atom stereocenters. The maximum absolute atomic E-state index is 13.2. The predicted octanol–water partition coefficient (Wildman–Crippen LogP) is 5.48. The van der Waals surface area contributed by atoms with Crippen LogP contribution in [0.4, 0.5) is 4.39 Å². The Labute approximate surface area is 164 Å². The van der Waals surface area contributed by atoms with Gasteiger partial charge in [-0.3, -0.25) is 4.79 Å². The molecule has 3 nitrogen and oxygen atoms in total. The van der Waals surface area contributed by atoms with Crippen LogP contribution in [0, 0.1) is 5.82 Å². The number of carbonyl (C=O) groups is 1. The zero-order chi connectivity index (χ0) is 18.5. The summed E-state index contributed by atoms with van der Waals surface area (Å²) in [7, 11) is 0. The van der Waals surface area contributed by atoms with Gasteiger partial charge in [-0.15, -0.1) is 11.3 Å². The van der Waals surface area contributed by atoms with Crippen LogP contribution in [-0.4, -0.2) is 12.5 Å². The van der Waals surface area contributed by atoms with Gasteiger partial charge in [-0.25, -0.2) is 4.39 Å². The number of rotatable bonds is 6. The minimum absolute atomic E-state index is 0.244. The minimum Gasteiger partial charge on any atom is -0.481 e. The molecule has 0 bridgehead atoms. The molecule has 134 valence electrons. The number of benzene rings is 2. The first-order valence-electron chi connectivity index (χ1n) is 7.69. The van der Waals surface area contributed by atoms with E-state index in [-0.39, 0.29) is 24.1 Å². The summed E-state index contributed by atoms with van der Waals surface area (Å²) in [5.74, 6) is -0.411. The molecule has 1 amide bonds. The Bertz CT molecular complexity index is 865. The Hall–Kier alpha value is -2.08. The fourth-order valence-electron chi connectivity index (χ4n) is 2.39. The number of nitrogens with one attached hydrogen (secondary N) is 1. The van der Waals surface area contributed by atoms with Gasteiger partial charge < -0.3 is 10.1 Å². The van der Waals surface area contributed by atoms with Crippen LogP contribution in [-0.2, 0) is 4.79 Å². The first-order valence-corrected chi connectivity index (χ1v) is 9.33. The summed E-state index contributed by atoms with van der Waals surface area (Å²) in [6, 6.07) is 14.4. The average molecular weight is 410 g/mol. The zero-order valence-electron chi connectivity index (χ0n) is 13.4. The van der Waals surface area contributed by atoms with Gasteiger partial charge in [0.05, 0.1) is 16.1 Å². The van der Waals surface area contributed by atoms with Crippen molar-refractivity contribution >= 4 is 40.4 Å². The molecule has 0 fully saturated rings. The molecule has 0 spiro atoms. The van der Waals surface area contributed by atoms with Gasteiger partial charge in [0.1, 0.15) is 5.82 Å². The van der Waals surface area contributed by atoms with Crippen LogP contribution < -0.4 is 10.1 Å². The van der Waals surface area contributed by atoms with Gasteiger partial charge in [-0.1, -0.05) is 47.5 Å². The van der Waals surface area contributed by atoms with Crippen LogP contribution in [0.5, 0.6) is 5.75 Å². The molecule has 0 radical (unpaired) electrons. The Morgan fingerprint density at radius 2 is 1.77 bits per heavy atom. The lowest BCUT2D eigenvalue weighted by molar-refractivity contribution is -0.123. The number of hydrogen-bond donors (Lipinski definition) is 1. The van der Waals surface area contributed by atoms with Crippen LogP contribution >= 0.6 is 34.5 Å². The summed E-state index contributed by atoms with van der Waals surface area (Å²) >= 11 is 13.6. The fourth-order valence-corrected chi connectivity index (χ4v) is 3.70. The molecule has 3 aromatic rings. The molecule has 0 aliphatic heterocycles. The van der Waals surface area contributed by atoms with E-state index in [2.05, 4.69) is 5.32 Å². The van der Waals surface area contributed by atoms with E-state index in [9.17, 15) is 9.18 Å².